The summed E-state index contributed by atoms with van der Waals surface area (Å²) in [6, 6.07) is 9.65. The lowest BCUT2D eigenvalue weighted by atomic mass is 10.2. The van der Waals surface area contributed by atoms with Crippen molar-refractivity contribution in [3.05, 3.63) is 52.0 Å². The molecule has 2 aromatic rings. The first-order valence-electron chi connectivity index (χ1n) is 7.08. The lowest BCUT2D eigenvalue weighted by molar-refractivity contribution is 0.579. The third-order valence-corrected chi connectivity index (χ3v) is 5.85. The molecule has 6 heteroatoms. The summed E-state index contributed by atoms with van der Waals surface area (Å²) in [4.78, 5) is 4.49. The molecular formula is C15H18N2O2S2. The van der Waals surface area contributed by atoms with E-state index in [9.17, 15) is 8.42 Å². The molecule has 0 saturated heterocycles. The highest BCUT2D eigenvalue weighted by Crippen LogP contribution is 2.41. The van der Waals surface area contributed by atoms with E-state index in [1.165, 1.54) is 12.8 Å². The standard InChI is InChI=1S/C15H18N2O2S2/c18-21(19,9-8-12-4-2-1-3-5-12)16-10-14-11-20-15(17-14)13-6-7-13/h1-5,11,13,16H,6-10H2. The first-order valence-corrected chi connectivity index (χ1v) is 9.61. The SMILES string of the molecule is O=S(=O)(CCc1ccccc1)NCc1csc(C2CC2)n1. The largest absolute Gasteiger partial charge is 0.245 e. The van der Waals surface area contributed by atoms with Crippen LogP contribution in [0.5, 0.6) is 0 Å². The van der Waals surface area contributed by atoms with Crippen LogP contribution >= 0.6 is 11.3 Å². The minimum atomic E-state index is -3.26. The van der Waals surface area contributed by atoms with Gasteiger partial charge >= 0.3 is 0 Å². The topological polar surface area (TPSA) is 59.1 Å². The summed E-state index contributed by atoms with van der Waals surface area (Å²) in [5.41, 5.74) is 1.86. The Morgan fingerprint density at radius 3 is 2.71 bits per heavy atom. The molecule has 4 nitrogen and oxygen atoms in total. The number of hydrogen-bond donors (Lipinski definition) is 1. The van der Waals surface area contributed by atoms with E-state index in [2.05, 4.69) is 9.71 Å². The van der Waals surface area contributed by atoms with Crippen LogP contribution in [0.25, 0.3) is 0 Å². The molecular weight excluding hydrogens is 304 g/mol. The van der Waals surface area contributed by atoms with E-state index in [1.807, 2.05) is 35.7 Å². The van der Waals surface area contributed by atoms with Gasteiger partial charge in [-0.05, 0) is 24.8 Å². The van der Waals surface area contributed by atoms with Gasteiger partial charge in [0.05, 0.1) is 23.0 Å². The molecule has 0 aliphatic heterocycles. The number of nitrogens with one attached hydrogen (secondary N) is 1. The Morgan fingerprint density at radius 2 is 2.00 bits per heavy atom. The maximum absolute atomic E-state index is 12.0. The van der Waals surface area contributed by atoms with Crippen molar-refractivity contribution in [3.8, 4) is 0 Å². The number of aryl methyl sites for hydroxylation is 1. The van der Waals surface area contributed by atoms with E-state index in [0.29, 0.717) is 18.9 Å². The normalized spacial score (nSPS) is 15.2. The third-order valence-electron chi connectivity index (χ3n) is 3.47. The number of nitrogens with zero attached hydrogens (tertiary/aromatic N) is 1. The third kappa shape index (κ3) is 4.36. The van der Waals surface area contributed by atoms with Crippen LogP contribution in [0.4, 0.5) is 0 Å². The summed E-state index contributed by atoms with van der Waals surface area (Å²) in [6.07, 6.45) is 2.96. The molecule has 1 aromatic heterocycles. The molecule has 1 aromatic carbocycles. The number of sulfonamides is 1. The quantitative estimate of drug-likeness (QED) is 0.852. The molecule has 0 amide bonds. The molecule has 112 valence electrons. The Labute approximate surface area is 129 Å². The van der Waals surface area contributed by atoms with Crippen molar-refractivity contribution >= 4 is 21.4 Å². The van der Waals surface area contributed by atoms with E-state index in [1.54, 1.807) is 11.3 Å². The van der Waals surface area contributed by atoms with Gasteiger partial charge in [-0.1, -0.05) is 30.3 Å². The van der Waals surface area contributed by atoms with Crippen molar-refractivity contribution in [1.29, 1.82) is 0 Å². The summed E-state index contributed by atoms with van der Waals surface area (Å²) < 4.78 is 26.6. The van der Waals surface area contributed by atoms with Gasteiger partial charge in [0.15, 0.2) is 0 Å². The zero-order valence-corrected chi connectivity index (χ0v) is 13.3. The van der Waals surface area contributed by atoms with E-state index < -0.39 is 10.0 Å². The van der Waals surface area contributed by atoms with Gasteiger partial charge in [-0.3, -0.25) is 0 Å². The summed E-state index contributed by atoms with van der Waals surface area (Å²) in [7, 11) is -3.26. The zero-order chi connectivity index (χ0) is 14.7. The minimum Gasteiger partial charge on any atom is -0.245 e. The van der Waals surface area contributed by atoms with Crippen LogP contribution in [-0.2, 0) is 23.0 Å². The van der Waals surface area contributed by atoms with Gasteiger partial charge in [0.25, 0.3) is 0 Å². The fourth-order valence-electron chi connectivity index (χ4n) is 2.07. The van der Waals surface area contributed by atoms with Crippen LogP contribution < -0.4 is 4.72 Å². The Kier molecular flexibility index (Phi) is 4.37. The van der Waals surface area contributed by atoms with Crippen molar-refractivity contribution in [2.24, 2.45) is 0 Å². The maximum atomic E-state index is 12.0. The minimum absolute atomic E-state index is 0.108. The number of hydrogen-bond acceptors (Lipinski definition) is 4. The number of benzene rings is 1. The molecule has 1 fully saturated rings. The fraction of sp³-hybridized carbons (Fsp3) is 0.400. The molecule has 1 N–H and O–H groups in total. The van der Waals surface area contributed by atoms with Gasteiger partial charge < -0.3 is 0 Å². The average molecular weight is 322 g/mol. The Bertz CT molecular complexity index is 691. The number of aromatic nitrogens is 1. The smallest absolute Gasteiger partial charge is 0.212 e. The van der Waals surface area contributed by atoms with E-state index >= 15 is 0 Å². The highest BCUT2D eigenvalue weighted by Gasteiger charge is 2.26. The van der Waals surface area contributed by atoms with Gasteiger partial charge in [-0.25, -0.2) is 18.1 Å². The maximum Gasteiger partial charge on any atom is 0.212 e. The van der Waals surface area contributed by atoms with Gasteiger partial charge in [0.2, 0.25) is 10.0 Å². The summed E-state index contributed by atoms with van der Waals surface area (Å²) in [5.74, 6) is 0.731. The fourth-order valence-corrected chi connectivity index (χ4v) is 4.08. The lowest BCUT2D eigenvalue weighted by Crippen LogP contribution is -2.27. The van der Waals surface area contributed by atoms with Gasteiger partial charge in [-0.2, -0.15) is 0 Å². The first-order chi connectivity index (χ1) is 10.1. The van der Waals surface area contributed by atoms with Crippen molar-refractivity contribution in [1.82, 2.24) is 9.71 Å². The van der Waals surface area contributed by atoms with Crippen LogP contribution in [-0.4, -0.2) is 19.2 Å². The van der Waals surface area contributed by atoms with Crippen molar-refractivity contribution in [3.63, 3.8) is 0 Å². The molecule has 0 spiro atoms. The lowest BCUT2D eigenvalue weighted by Gasteiger charge is -2.05. The second kappa shape index (κ2) is 6.25. The summed E-state index contributed by atoms with van der Waals surface area (Å²) in [5, 5.41) is 3.10. The molecule has 1 aliphatic rings. The molecule has 1 saturated carbocycles. The zero-order valence-electron chi connectivity index (χ0n) is 11.7. The van der Waals surface area contributed by atoms with Crippen molar-refractivity contribution < 1.29 is 8.42 Å². The molecule has 3 rings (SSSR count). The van der Waals surface area contributed by atoms with Crippen LogP contribution in [0.3, 0.4) is 0 Å². The van der Waals surface area contributed by atoms with Gasteiger partial charge in [0, 0.05) is 11.3 Å². The Hall–Kier alpha value is -1.24. The molecule has 0 atom stereocenters. The number of thiazole rings is 1. The second-order valence-electron chi connectivity index (χ2n) is 5.33. The second-order valence-corrected chi connectivity index (χ2v) is 8.14. The predicted octanol–water partition coefficient (Wildman–Crippen LogP) is 2.68. The summed E-state index contributed by atoms with van der Waals surface area (Å²) in [6.45, 7) is 0.292. The molecule has 0 unspecified atom stereocenters. The Balaban J connectivity index is 1.50. The highest BCUT2D eigenvalue weighted by atomic mass is 32.2. The molecule has 1 heterocycles. The molecule has 21 heavy (non-hydrogen) atoms. The molecule has 0 bridgehead atoms. The van der Waals surface area contributed by atoms with Crippen LogP contribution in [0.15, 0.2) is 35.7 Å². The van der Waals surface area contributed by atoms with Gasteiger partial charge in [0.1, 0.15) is 0 Å². The van der Waals surface area contributed by atoms with Crippen LogP contribution in [0, 0.1) is 0 Å². The first kappa shape index (κ1) is 14.7. The van der Waals surface area contributed by atoms with E-state index in [0.717, 1.165) is 16.3 Å². The van der Waals surface area contributed by atoms with E-state index in [4.69, 9.17) is 0 Å². The average Bonchev–Trinajstić information content (AvgIpc) is 3.23. The molecule has 0 radical (unpaired) electrons. The monoisotopic (exact) mass is 322 g/mol. The van der Waals surface area contributed by atoms with E-state index in [-0.39, 0.29) is 5.75 Å². The van der Waals surface area contributed by atoms with Crippen molar-refractivity contribution in [2.75, 3.05) is 5.75 Å². The molecule has 1 aliphatic carbocycles. The van der Waals surface area contributed by atoms with Crippen molar-refractivity contribution in [2.45, 2.75) is 31.7 Å². The van der Waals surface area contributed by atoms with Gasteiger partial charge in [-0.15, -0.1) is 11.3 Å². The highest BCUT2D eigenvalue weighted by molar-refractivity contribution is 7.89. The van der Waals surface area contributed by atoms with Crippen LogP contribution in [0.1, 0.15) is 35.0 Å². The Morgan fingerprint density at radius 1 is 1.24 bits per heavy atom. The predicted molar refractivity (Wildman–Crippen MR) is 84.9 cm³/mol. The van der Waals surface area contributed by atoms with Crippen LogP contribution in [0.2, 0.25) is 0 Å². The number of rotatable bonds is 7. The summed E-state index contributed by atoms with van der Waals surface area (Å²) >= 11 is 1.64.